The van der Waals surface area contributed by atoms with Crippen LogP contribution >= 0.6 is 0 Å². The van der Waals surface area contributed by atoms with E-state index in [1.807, 2.05) is 43.7 Å². The summed E-state index contributed by atoms with van der Waals surface area (Å²) >= 11 is 0. The van der Waals surface area contributed by atoms with E-state index in [2.05, 4.69) is 22.3 Å². The van der Waals surface area contributed by atoms with Crippen molar-refractivity contribution in [1.82, 2.24) is 19.6 Å². The molecule has 0 spiro atoms. The van der Waals surface area contributed by atoms with Crippen molar-refractivity contribution in [3.05, 3.63) is 11.8 Å². The first kappa shape index (κ1) is 14.4. The predicted octanol–water partition coefficient (Wildman–Crippen LogP) is 0.393. The molecule has 0 saturated heterocycles. The van der Waals surface area contributed by atoms with Crippen molar-refractivity contribution in [2.24, 2.45) is 0 Å². The molecule has 1 aromatic rings. The summed E-state index contributed by atoms with van der Waals surface area (Å²) in [4.78, 5) is 15.9. The van der Waals surface area contributed by atoms with Gasteiger partial charge in [-0.1, -0.05) is 5.92 Å². The summed E-state index contributed by atoms with van der Waals surface area (Å²) in [5.41, 5.74) is 1.04. The molecule has 108 valence electrons. The van der Waals surface area contributed by atoms with E-state index in [0.29, 0.717) is 19.6 Å². The highest BCUT2D eigenvalue weighted by Crippen LogP contribution is 2.26. The van der Waals surface area contributed by atoms with Gasteiger partial charge < -0.3 is 10.2 Å². The molecule has 0 bridgehead atoms. The lowest BCUT2D eigenvalue weighted by Gasteiger charge is -2.32. The largest absolute Gasteiger partial charge is 0.372 e. The fourth-order valence-corrected chi connectivity index (χ4v) is 2.25. The highest BCUT2D eigenvalue weighted by Gasteiger charge is 2.28. The molecule has 0 saturated carbocycles. The second-order valence-electron chi connectivity index (χ2n) is 5.14. The molecule has 20 heavy (non-hydrogen) atoms. The van der Waals surface area contributed by atoms with Gasteiger partial charge in [-0.25, -0.2) is 0 Å². The predicted molar refractivity (Wildman–Crippen MR) is 78.2 cm³/mol. The number of rotatable bonds is 2. The van der Waals surface area contributed by atoms with E-state index in [4.69, 9.17) is 0 Å². The molecule has 0 aliphatic carbocycles. The minimum absolute atomic E-state index is 0.000457. The summed E-state index contributed by atoms with van der Waals surface area (Å²) in [6, 6.07) is 1.98. The van der Waals surface area contributed by atoms with Crippen LogP contribution in [0.1, 0.15) is 18.7 Å². The Kier molecular flexibility index (Phi) is 4.30. The maximum absolute atomic E-state index is 12.2. The molecule has 0 fully saturated rings. The number of hydrogen-bond donors (Lipinski definition) is 1. The average molecular weight is 275 g/mol. The number of nitrogens with zero attached hydrogens (tertiary/aromatic N) is 4. The van der Waals surface area contributed by atoms with Gasteiger partial charge >= 0.3 is 0 Å². The summed E-state index contributed by atoms with van der Waals surface area (Å²) in [7, 11) is 5.70. The number of nitrogens with one attached hydrogen (secondary N) is 1. The van der Waals surface area contributed by atoms with Crippen LogP contribution in [0.25, 0.3) is 0 Å². The second-order valence-corrected chi connectivity index (χ2v) is 5.14. The lowest BCUT2D eigenvalue weighted by Crippen LogP contribution is -2.40. The molecule has 6 nitrogen and oxygen atoms in total. The summed E-state index contributed by atoms with van der Waals surface area (Å²) in [5.74, 6) is 6.33. The van der Waals surface area contributed by atoms with Gasteiger partial charge in [0.2, 0.25) is 0 Å². The van der Waals surface area contributed by atoms with E-state index in [9.17, 15) is 4.79 Å². The molecule has 2 heterocycles. The van der Waals surface area contributed by atoms with Crippen molar-refractivity contribution in [2.75, 3.05) is 39.5 Å². The number of aromatic nitrogens is 2. The number of carbonyl (C=O) groups excluding carboxylic acids is 1. The third-order valence-electron chi connectivity index (χ3n) is 3.37. The van der Waals surface area contributed by atoms with E-state index in [1.165, 1.54) is 0 Å². The average Bonchev–Trinajstić information content (AvgIpc) is 2.82. The Morgan fingerprint density at radius 1 is 1.55 bits per heavy atom. The molecule has 1 N–H and O–H groups in total. The van der Waals surface area contributed by atoms with Crippen molar-refractivity contribution in [2.45, 2.75) is 19.5 Å². The van der Waals surface area contributed by atoms with Crippen LogP contribution in [0, 0.1) is 11.8 Å². The van der Waals surface area contributed by atoms with Crippen LogP contribution in [0.5, 0.6) is 0 Å². The molecule has 1 atom stereocenters. The van der Waals surface area contributed by atoms with Gasteiger partial charge in [0.1, 0.15) is 5.82 Å². The lowest BCUT2D eigenvalue weighted by atomic mass is 10.1. The Hall–Kier alpha value is -2.00. The third kappa shape index (κ3) is 2.94. The Morgan fingerprint density at radius 3 is 2.95 bits per heavy atom. The fraction of sp³-hybridized carbons (Fsp3) is 0.571. The molecular weight excluding hydrogens is 254 g/mol. The van der Waals surface area contributed by atoms with Crippen molar-refractivity contribution in [3.8, 4) is 11.8 Å². The van der Waals surface area contributed by atoms with Gasteiger partial charge in [0.05, 0.1) is 24.8 Å². The minimum atomic E-state index is -0.113. The third-order valence-corrected chi connectivity index (χ3v) is 3.37. The molecule has 2 rings (SSSR count). The Balaban J connectivity index is 2.11. The zero-order valence-corrected chi connectivity index (χ0v) is 12.5. The van der Waals surface area contributed by atoms with E-state index >= 15 is 0 Å². The van der Waals surface area contributed by atoms with E-state index in [-0.39, 0.29) is 11.9 Å². The van der Waals surface area contributed by atoms with Gasteiger partial charge in [0.15, 0.2) is 0 Å². The minimum Gasteiger partial charge on any atom is -0.372 e. The molecular formula is C14H21N5O. The van der Waals surface area contributed by atoms with Crippen LogP contribution in [0.4, 0.5) is 5.82 Å². The molecule has 1 unspecified atom stereocenters. The number of amides is 1. The molecule has 0 aromatic carbocycles. The van der Waals surface area contributed by atoms with E-state index < -0.39 is 0 Å². The second kappa shape index (κ2) is 5.97. The van der Waals surface area contributed by atoms with Crippen molar-refractivity contribution < 1.29 is 4.79 Å². The van der Waals surface area contributed by atoms with Crippen LogP contribution in [0.15, 0.2) is 6.07 Å². The van der Waals surface area contributed by atoms with Crippen molar-refractivity contribution >= 4 is 11.7 Å². The summed E-state index contributed by atoms with van der Waals surface area (Å²) in [6.07, 6.45) is 0. The van der Waals surface area contributed by atoms with E-state index in [0.717, 1.165) is 11.5 Å². The highest BCUT2D eigenvalue weighted by molar-refractivity contribution is 5.93. The maximum Gasteiger partial charge on any atom is 0.299 e. The van der Waals surface area contributed by atoms with Gasteiger partial charge in [-0.15, -0.1) is 0 Å². The monoisotopic (exact) mass is 275 g/mol. The summed E-state index contributed by atoms with van der Waals surface area (Å²) in [5, 5.41) is 7.45. The van der Waals surface area contributed by atoms with Crippen molar-refractivity contribution in [3.63, 3.8) is 0 Å². The van der Waals surface area contributed by atoms with Gasteiger partial charge in [-0.05, 0) is 26.9 Å². The zero-order valence-electron chi connectivity index (χ0n) is 12.5. The molecule has 1 aromatic heterocycles. The quantitative estimate of drug-likeness (QED) is 0.794. The number of fused-ring (bicyclic) bond motifs is 1. The highest BCUT2D eigenvalue weighted by atomic mass is 16.2. The number of hydrogen-bond acceptors (Lipinski definition) is 4. The van der Waals surface area contributed by atoms with Crippen LogP contribution in [-0.4, -0.2) is 59.7 Å². The van der Waals surface area contributed by atoms with Crippen LogP contribution in [0.2, 0.25) is 0 Å². The molecule has 1 amide bonds. The summed E-state index contributed by atoms with van der Waals surface area (Å²) in [6.45, 7) is 3.96. The van der Waals surface area contributed by atoms with Gasteiger partial charge in [0, 0.05) is 19.7 Å². The lowest BCUT2D eigenvalue weighted by molar-refractivity contribution is -0.128. The van der Waals surface area contributed by atoms with Crippen LogP contribution < -0.4 is 5.32 Å². The number of carbonyl (C=O) groups is 1. The summed E-state index contributed by atoms with van der Waals surface area (Å²) < 4.78 is 1.95. The van der Waals surface area contributed by atoms with E-state index in [1.54, 1.807) is 4.90 Å². The van der Waals surface area contributed by atoms with Gasteiger partial charge in [-0.3, -0.25) is 14.4 Å². The smallest absolute Gasteiger partial charge is 0.299 e. The molecule has 6 heteroatoms. The SMILES string of the molecule is CNc1cc2n(n1)CCN(C(=O)C#CCN(C)C)C2C. The Labute approximate surface area is 119 Å². The molecule has 0 radical (unpaired) electrons. The molecule has 1 aliphatic heterocycles. The number of anilines is 1. The van der Waals surface area contributed by atoms with Gasteiger partial charge in [0.25, 0.3) is 5.91 Å². The Bertz CT molecular complexity index is 552. The first-order valence-electron chi connectivity index (χ1n) is 6.72. The first-order chi connectivity index (χ1) is 9.52. The first-order valence-corrected chi connectivity index (χ1v) is 6.72. The Morgan fingerprint density at radius 2 is 2.30 bits per heavy atom. The zero-order chi connectivity index (χ0) is 14.7. The standard InChI is InChI=1S/C14H21N5O/c1-11-12-10-13(15-2)16-19(12)9-8-18(11)14(20)6-5-7-17(3)4/h10-11H,7-9H2,1-4H3,(H,15,16). The fourth-order valence-electron chi connectivity index (χ4n) is 2.25. The van der Waals surface area contributed by atoms with Crippen LogP contribution in [0.3, 0.4) is 0 Å². The molecule has 1 aliphatic rings. The topological polar surface area (TPSA) is 53.4 Å². The normalized spacial score (nSPS) is 17.4. The van der Waals surface area contributed by atoms with Gasteiger partial charge in [-0.2, -0.15) is 5.10 Å². The van der Waals surface area contributed by atoms with Crippen molar-refractivity contribution in [1.29, 1.82) is 0 Å². The van der Waals surface area contributed by atoms with Crippen LogP contribution in [-0.2, 0) is 11.3 Å². The maximum atomic E-state index is 12.2.